The van der Waals surface area contributed by atoms with Crippen molar-refractivity contribution in [1.82, 2.24) is 14.9 Å². The molecule has 0 bridgehead atoms. The van der Waals surface area contributed by atoms with Crippen molar-refractivity contribution in [2.75, 3.05) is 30.4 Å². The minimum absolute atomic E-state index is 0.134. The molecule has 1 heterocycles. The summed E-state index contributed by atoms with van der Waals surface area (Å²) in [7, 11) is 0. The zero-order chi connectivity index (χ0) is 16.0. The second-order valence-corrected chi connectivity index (χ2v) is 4.02. The summed E-state index contributed by atoms with van der Waals surface area (Å²) < 4.78 is 37.9. The summed E-state index contributed by atoms with van der Waals surface area (Å²) in [5.74, 6) is 3.16. The molecule has 0 saturated carbocycles. The number of nitrogens with one attached hydrogen (secondary N) is 2. The van der Waals surface area contributed by atoms with Gasteiger partial charge in [-0.3, -0.25) is 4.79 Å². The average Bonchev–Trinajstić information content (AvgIpc) is 2.45. The van der Waals surface area contributed by atoms with E-state index in [-0.39, 0.29) is 24.1 Å². The van der Waals surface area contributed by atoms with Gasteiger partial charge in [-0.15, -0.1) is 0 Å². The number of aromatic nitrogens is 2. The van der Waals surface area contributed by atoms with Crippen molar-refractivity contribution in [3.63, 3.8) is 0 Å². The van der Waals surface area contributed by atoms with Crippen LogP contribution in [0.15, 0.2) is 6.07 Å². The predicted octanol–water partition coefficient (Wildman–Crippen LogP) is 1.06. The molecule has 118 valence electrons. The second-order valence-electron chi connectivity index (χ2n) is 4.02. The van der Waals surface area contributed by atoms with Gasteiger partial charge in [0.1, 0.15) is 11.6 Å². The molecule has 0 aliphatic carbocycles. The molecule has 21 heavy (non-hydrogen) atoms. The molecule has 0 spiro atoms. The fourth-order valence-electron chi connectivity index (χ4n) is 1.59. The number of hydrogen-bond donors (Lipinski definition) is 3. The fourth-order valence-corrected chi connectivity index (χ4v) is 1.59. The number of halogens is 3. The molecular weight excluding hydrogens is 289 g/mol. The van der Waals surface area contributed by atoms with E-state index in [4.69, 9.17) is 5.84 Å². The number of carbonyl (C=O) groups excluding carboxylic acids is 1. The van der Waals surface area contributed by atoms with Crippen LogP contribution in [0, 0.1) is 0 Å². The van der Waals surface area contributed by atoms with Crippen LogP contribution in [0.3, 0.4) is 0 Å². The van der Waals surface area contributed by atoms with Crippen molar-refractivity contribution < 1.29 is 18.0 Å². The van der Waals surface area contributed by atoms with E-state index in [1.165, 1.54) is 6.07 Å². The van der Waals surface area contributed by atoms with Crippen LogP contribution in [0.25, 0.3) is 0 Å². The quantitative estimate of drug-likeness (QED) is 0.537. The standard InChI is InChI=1S/C11H17F3N6O/c1-3-20(4-2)9(21)6-16-7-5-8(19-15)18-10(17-7)11(12,13)14/h5H,3-4,6,15H2,1-2H3,(H2,16,17,18,19). The smallest absolute Gasteiger partial charge is 0.361 e. The van der Waals surface area contributed by atoms with Crippen LogP contribution in [-0.4, -0.2) is 40.4 Å². The number of amides is 1. The van der Waals surface area contributed by atoms with Gasteiger partial charge in [0.2, 0.25) is 11.7 Å². The van der Waals surface area contributed by atoms with Crippen LogP contribution < -0.4 is 16.6 Å². The number of carbonyl (C=O) groups is 1. The number of anilines is 2. The number of nitrogens with two attached hydrogens (primary N) is 1. The Morgan fingerprint density at radius 3 is 2.33 bits per heavy atom. The molecule has 0 aliphatic heterocycles. The number of nitrogens with zero attached hydrogens (tertiary/aromatic N) is 3. The Hall–Kier alpha value is -2.10. The minimum atomic E-state index is -4.70. The van der Waals surface area contributed by atoms with Crippen LogP contribution >= 0.6 is 0 Å². The largest absolute Gasteiger partial charge is 0.451 e. The zero-order valence-corrected chi connectivity index (χ0v) is 11.7. The summed E-state index contributed by atoms with van der Waals surface area (Å²) in [4.78, 5) is 19.8. The first-order chi connectivity index (χ1) is 9.81. The molecule has 0 radical (unpaired) electrons. The Morgan fingerprint density at radius 1 is 1.29 bits per heavy atom. The van der Waals surface area contributed by atoms with Crippen LogP contribution in [-0.2, 0) is 11.0 Å². The number of nitrogen functional groups attached to an aromatic ring is 1. The van der Waals surface area contributed by atoms with Gasteiger partial charge >= 0.3 is 6.18 Å². The van der Waals surface area contributed by atoms with Crippen LogP contribution in [0.4, 0.5) is 24.8 Å². The molecule has 1 aromatic rings. The van der Waals surface area contributed by atoms with Gasteiger partial charge in [0.15, 0.2) is 0 Å². The van der Waals surface area contributed by atoms with E-state index < -0.39 is 12.0 Å². The zero-order valence-electron chi connectivity index (χ0n) is 11.7. The maximum atomic E-state index is 12.6. The Morgan fingerprint density at radius 2 is 1.86 bits per heavy atom. The van der Waals surface area contributed by atoms with Crippen molar-refractivity contribution in [3.05, 3.63) is 11.9 Å². The summed E-state index contributed by atoms with van der Waals surface area (Å²) in [6.45, 7) is 4.49. The molecule has 1 amide bonds. The third kappa shape index (κ3) is 4.74. The first-order valence-corrected chi connectivity index (χ1v) is 6.26. The van der Waals surface area contributed by atoms with Gasteiger partial charge in [-0.2, -0.15) is 13.2 Å². The summed E-state index contributed by atoms with van der Waals surface area (Å²) in [6.07, 6.45) is -4.70. The van der Waals surface area contributed by atoms with Crippen LogP contribution in [0.1, 0.15) is 19.7 Å². The van der Waals surface area contributed by atoms with Gasteiger partial charge in [-0.05, 0) is 13.8 Å². The summed E-state index contributed by atoms with van der Waals surface area (Å²) in [5.41, 5.74) is 2.03. The molecule has 7 nitrogen and oxygen atoms in total. The van der Waals surface area contributed by atoms with E-state index in [1.807, 2.05) is 19.3 Å². The highest BCUT2D eigenvalue weighted by atomic mass is 19.4. The molecule has 0 aliphatic rings. The second kappa shape index (κ2) is 7.07. The minimum Gasteiger partial charge on any atom is -0.361 e. The summed E-state index contributed by atoms with van der Waals surface area (Å²) in [6, 6.07) is 1.19. The normalized spacial score (nSPS) is 11.1. The number of alkyl halides is 3. The fraction of sp³-hybridized carbons (Fsp3) is 0.545. The lowest BCUT2D eigenvalue weighted by Crippen LogP contribution is -2.35. The van der Waals surface area contributed by atoms with Crippen LogP contribution in [0.5, 0.6) is 0 Å². The Labute approximate surface area is 119 Å². The maximum absolute atomic E-state index is 12.6. The lowest BCUT2D eigenvalue weighted by atomic mass is 10.4. The molecule has 10 heteroatoms. The number of hydrazine groups is 1. The lowest BCUT2D eigenvalue weighted by molar-refractivity contribution is -0.144. The first kappa shape index (κ1) is 17.0. The monoisotopic (exact) mass is 306 g/mol. The molecule has 0 fully saturated rings. The van der Waals surface area contributed by atoms with E-state index >= 15 is 0 Å². The van der Waals surface area contributed by atoms with Gasteiger partial charge in [-0.1, -0.05) is 0 Å². The van der Waals surface area contributed by atoms with Crippen molar-refractivity contribution >= 4 is 17.5 Å². The number of rotatable bonds is 6. The van der Waals surface area contributed by atoms with Crippen molar-refractivity contribution in [3.8, 4) is 0 Å². The summed E-state index contributed by atoms with van der Waals surface area (Å²) in [5, 5.41) is 2.54. The van der Waals surface area contributed by atoms with E-state index in [1.54, 1.807) is 4.90 Å². The van der Waals surface area contributed by atoms with Gasteiger partial charge < -0.3 is 15.6 Å². The third-order valence-electron chi connectivity index (χ3n) is 2.66. The Balaban J connectivity index is 2.86. The van der Waals surface area contributed by atoms with Gasteiger partial charge in [0.25, 0.3) is 0 Å². The molecule has 0 unspecified atom stereocenters. The van der Waals surface area contributed by atoms with Crippen LogP contribution in [0.2, 0.25) is 0 Å². The predicted molar refractivity (Wildman–Crippen MR) is 71.3 cm³/mol. The highest BCUT2D eigenvalue weighted by Gasteiger charge is 2.35. The van der Waals surface area contributed by atoms with Gasteiger partial charge in [0.05, 0.1) is 6.54 Å². The van der Waals surface area contributed by atoms with Crippen molar-refractivity contribution in [2.24, 2.45) is 5.84 Å². The Kier molecular flexibility index (Phi) is 5.70. The molecule has 1 aromatic heterocycles. The summed E-state index contributed by atoms with van der Waals surface area (Å²) >= 11 is 0. The van der Waals surface area contributed by atoms with E-state index in [9.17, 15) is 18.0 Å². The highest BCUT2D eigenvalue weighted by Crippen LogP contribution is 2.28. The molecule has 4 N–H and O–H groups in total. The molecule has 0 saturated heterocycles. The van der Waals surface area contributed by atoms with E-state index in [0.717, 1.165) is 0 Å². The molecule has 0 atom stereocenters. The molecule has 0 aromatic carbocycles. The lowest BCUT2D eigenvalue weighted by Gasteiger charge is -2.19. The van der Waals surface area contributed by atoms with Gasteiger partial charge in [0, 0.05) is 19.2 Å². The van der Waals surface area contributed by atoms with Crippen molar-refractivity contribution in [2.45, 2.75) is 20.0 Å². The first-order valence-electron chi connectivity index (χ1n) is 6.26. The van der Waals surface area contributed by atoms with Crippen molar-refractivity contribution in [1.29, 1.82) is 0 Å². The number of hydrogen-bond acceptors (Lipinski definition) is 6. The maximum Gasteiger partial charge on any atom is 0.451 e. The molecule has 1 rings (SSSR count). The molecular formula is C11H17F3N6O. The SMILES string of the molecule is CCN(CC)C(=O)CNc1cc(NN)nc(C(F)(F)F)n1. The number of likely N-dealkylation sites (N-methyl/N-ethyl adjacent to an activating group) is 1. The topological polar surface area (TPSA) is 96.2 Å². The van der Waals surface area contributed by atoms with Gasteiger partial charge in [-0.25, -0.2) is 15.8 Å². The van der Waals surface area contributed by atoms with E-state index in [2.05, 4.69) is 15.3 Å². The highest BCUT2D eigenvalue weighted by molar-refractivity contribution is 5.80. The average molecular weight is 306 g/mol. The Bertz CT molecular complexity index is 489. The van der Waals surface area contributed by atoms with E-state index in [0.29, 0.717) is 13.1 Å². The third-order valence-corrected chi connectivity index (χ3v) is 2.66.